The van der Waals surface area contributed by atoms with Crippen LogP contribution in [0.1, 0.15) is 238 Å². The monoisotopic (exact) mass is 2020 g/mol. The number of aromatic amines is 2. The Hall–Kier alpha value is -15.2. The van der Waals surface area contributed by atoms with Crippen LogP contribution >= 0.6 is 0 Å². The first-order valence-electron chi connectivity index (χ1n) is 50.6. The van der Waals surface area contributed by atoms with E-state index in [1.165, 1.54) is 83.4 Å². The minimum Gasteiger partial charge on any atom is -0.508 e. The van der Waals surface area contributed by atoms with Crippen LogP contribution in [0, 0.1) is 35.4 Å². The number of methoxy groups -OCH3 is 1. The van der Waals surface area contributed by atoms with E-state index in [1.807, 2.05) is 33.8 Å². The molecule has 2 bridgehead atoms. The number of imide groups is 6. The zero-order chi connectivity index (χ0) is 107. The molecule has 780 valence electrons. The van der Waals surface area contributed by atoms with Gasteiger partial charge < -0.3 is 49.2 Å². The number of phenolic OH excluding ortho intramolecular Hbond substituents is 1. The summed E-state index contributed by atoms with van der Waals surface area (Å²) in [5, 5.41) is 10.1. The first-order valence-corrected chi connectivity index (χ1v) is 50.6. The lowest BCUT2D eigenvalue weighted by atomic mass is 9.74. The van der Waals surface area contributed by atoms with Crippen LogP contribution in [0.3, 0.4) is 0 Å². The van der Waals surface area contributed by atoms with Crippen molar-refractivity contribution in [3.05, 3.63) is 263 Å². The second kappa shape index (κ2) is 45.0. The van der Waals surface area contributed by atoms with Crippen molar-refractivity contribution in [2.45, 2.75) is 197 Å². The number of hydrogen-bond donors (Lipinski definition) is 3. The molecule has 7 unspecified atom stereocenters. The largest absolute Gasteiger partial charge is 0.508 e. The zero-order valence-electron chi connectivity index (χ0n) is 86.1. The predicted molar refractivity (Wildman–Crippen MR) is 545 cm³/mol. The van der Waals surface area contributed by atoms with Gasteiger partial charge in [0.05, 0.1) is 57.8 Å². The van der Waals surface area contributed by atoms with E-state index >= 15 is 0 Å². The Bertz CT molecular complexity index is 6430. The fraction of sp³-hybridized carbons (Fsp3) is 0.434. The molecule has 19 rings (SSSR count). The van der Waals surface area contributed by atoms with E-state index in [0.717, 1.165) is 131 Å². The Kier molecular flexibility index (Phi) is 33.0. The van der Waals surface area contributed by atoms with Gasteiger partial charge in [0.25, 0.3) is 35.4 Å². The summed E-state index contributed by atoms with van der Waals surface area (Å²) in [5.74, 6) is -1.99. The van der Waals surface area contributed by atoms with Gasteiger partial charge in [-0.1, -0.05) is 178 Å². The van der Waals surface area contributed by atoms with Crippen molar-refractivity contribution in [2.75, 3.05) is 88.2 Å². The van der Waals surface area contributed by atoms with Crippen LogP contribution in [-0.4, -0.2) is 291 Å². The number of nitrogens with zero attached hydrogens (tertiary/aromatic N) is 12. The lowest BCUT2D eigenvalue weighted by Crippen LogP contribution is -2.53. The molecule has 18 amide bonds. The number of urea groups is 6. The van der Waals surface area contributed by atoms with Gasteiger partial charge in [0, 0.05) is 87.6 Å². The van der Waals surface area contributed by atoms with Gasteiger partial charge in [0.2, 0.25) is 0 Å². The number of amides is 18. The normalized spacial score (nSPS) is 24.9. The van der Waals surface area contributed by atoms with Crippen molar-refractivity contribution in [3.8, 4) is 11.5 Å². The molecule has 10 fully saturated rings. The molecule has 0 spiro atoms. The summed E-state index contributed by atoms with van der Waals surface area (Å²) >= 11 is 0. The summed E-state index contributed by atoms with van der Waals surface area (Å²) in [6.45, 7) is 11.4. The van der Waals surface area contributed by atoms with Gasteiger partial charge in [-0.25, -0.2) is 33.2 Å². The molecule has 5 aliphatic carbocycles. The molecule has 8 aromatic rings. The van der Waals surface area contributed by atoms with Crippen molar-refractivity contribution >= 4 is 106 Å². The smallest absolute Gasteiger partial charge is 0.328 e. The minimum absolute atomic E-state index is 0.0748. The molecule has 9 atom stereocenters. The van der Waals surface area contributed by atoms with Gasteiger partial charge in [-0.15, -0.1) is 0 Å². The number of fused-ring (bicyclic) bond motifs is 2. The number of nitrogens with one attached hydrogen (secondary N) is 2. The minimum atomic E-state index is -1.36. The van der Waals surface area contributed by atoms with E-state index in [9.17, 15) is 95.8 Å². The number of likely N-dealkylation sites (N-methyl/N-ethyl adjacent to an activating group) is 6. The zero-order valence-corrected chi connectivity index (χ0v) is 86.1. The molecule has 34 nitrogen and oxygen atoms in total. The number of halogens is 1. The maximum Gasteiger partial charge on any atom is 0.328 e. The van der Waals surface area contributed by atoms with Gasteiger partial charge in [0.1, 0.15) is 50.5 Å². The van der Waals surface area contributed by atoms with Crippen LogP contribution in [0.2, 0.25) is 0 Å². The third-order valence-electron chi connectivity index (χ3n) is 32.7. The Labute approximate surface area is 860 Å². The van der Waals surface area contributed by atoms with Gasteiger partial charge in [0.15, 0.2) is 34.7 Å². The summed E-state index contributed by atoms with van der Waals surface area (Å²) in [5.41, 5.74) is -1.66. The van der Waals surface area contributed by atoms with Crippen molar-refractivity contribution in [1.29, 1.82) is 0 Å². The van der Waals surface area contributed by atoms with Gasteiger partial charge in [-0.05, 0) is 215 Å². The molecule has 2 aromatic heterocycles. The van der Waals surface area contributed by atoms with Crippen molar-refractivity contribution in [1.82, 2.24) is 68.8 Å². The number of ether oxygens (including phenoxy) is 1. The van der Waals surface area contributed by atoms with Gasteiger partial charge in [-0.2, -0.15) is 0 Å². The number of aromatic hydroxyl groups is 1. The summed E-state index contributed by atoms with van der Waals surface area (Å²) in [7, 11) is 9.52. The number of benzene rings is 6. The number of Topliss-reactive ketones (excluding diaryl/α,β-unsaturated/α-hetero) is 6. The number of H-pyrrole nitrogens is 2. The van der Waals surface area contributed by atoms with Crippen LogP contribution in [0.25, 0.3) is 0 Å². The molecule has 148 heavy (non-hydrogen) atoms. The van der Waals surface area contributed by atoms with Crippen molar-refractivity contribution < 1.29 is 101 Å². The van der Waals surface area contributed by atoms with E-state index < -0.39 is 75.0 Å². The highest BCUT2D eigenvalue weighted by atomic mass is 19.1. The number of aromatic nitrogens is 2. The SMILES string of the molecule is CCN1C(=O)N(CC(=O)c2ccccc2)C(=O)C1(C)C1CCCCC1.CN1C(=O)N(CC(=O)c2ccc(F)cc2)C(=O)C1(C)C1CCCCC1.CN1C(=O)N(CC(=O)c2ccc[nH]2)C(=O)C1(C)C1=CCCCC1.CN1C(=O)N(CC(=O)c2ccc[nH]2)C(=O)C1(C)C1C[C@H]2CC[C@@H]1C2.CN1C(=O)N(CC(=O)c2ccccc2)C(=O)C1(C)c1ccccc1O.COc1ccccc1C1(C)C(=O)N(CC(=O)c2ccccc2)C(=O)N1C. The quantitative estimate of drug-likeness (QED) is 0.0257. The summed E-state index contributed by atoms with van der Waals surface area (Å²) < 4.78 is 18.4. The molecular formula is C113H131FN14O20. The molecule has 6 aromatic carbocycles. The van der Waals surface area contributed by atoms with E-state index in [4.69, 9.17) is 4.74 Å². The molecule has 3 N–H and O–H groups in total. The Balaban J connectivity index is 0.000000140. The lowest BCUT2D eigenvalue weighted by Gasteiger charge is -2.40. The predicted octanol–water partition coefficient (Wildman–Crippen LogP) is 16.4. The molecule has 4 saturated carbocycles. The number of rotatable bonds is 26. The fourth-order valence-electron chi connectivity index (χ4n) is 23.1. The molecule has 11 aliphatic rings. The van der Waals surface area contributed by atoms with Crippen molar-refractivity contribution in [2.24, 2.45) is 29.6 Å². The summed E-state index contributed by atoms with van der Waals surface area (Å²) in [6.07, 6.45) is 24.3. The third kappa shape index (κ3) is 20.5. The second-order valence-electron chi connectivity index (χ2n) is 40.7. The maximum absolute atomic E-state index is 13.2. The summed E-state index contributed by atoms with van der Waals surface area (Å²) in [6, 6.07) is 48.6. The standard InChI is InChI=1S/C20H20N2O4.C20H26N2O3.C19H23FN2O3.C19H18N2O4.C18H23N3O3.C17H21N3O3/c1-20(15-11-7-8-12-17(15)26-3)18(24)22(19(25)21(20)2)13-16(23)14-9-5-4-6-10-14;1-3-22-19(25)21(14-17(23)15-10-6-4-7-11-15)18(24)20(22,2)16-12-8-5-9-13-16;1-19(14-6-4-3-5-7-14)17(24)22(18(25)21(19)2)12-16(23)13-8-10-15(20)11-9-13;1-19(14-10-6-7-11-15(14)22)17(24)21(18(25)20(19)2)12-16(23)13-8-4-3-5-9-13;1-18(13-9-11-5-6-12(13)8-11)16(23)21(17(24)20(18)2)10-15(22)14-4-3-7-19-14;1-17(12-7-4-3-5-8-12)15(22)20(16(23)19(17)2)11-14(21)13-9-6-10-18-13/h4-12H,13H2,1-3H3;4,6-7,10-11,16H,3,5,8-9,12-14H2,1-2H3;8-11,14H,3-7,12H2,1-2H3;3-11,22H,12H2,1-2H3;3-4,7,11-13,19H,5-6,8-10H2,1-2H3;6-7,9-10,18H,3-5,8,11H2,1-2H3/t;;;;11-,12+,13?,18?;/m....0./s1. The number of hydrogen-bond acceptors (Lipinski definition) is 20. The number of carbonyl (C=O) groups excluding carboxylic acids is 18. The highest BCUT2D eigenvalue weighted by Gasteiger charge is 2.64. The number of para-hydroxylation sites is 2. The van der Waals surface area contributed by atoms with Gasteiger partial charge >= 0.3 is 36.2 Å². The van der Waals surface area contributed by atoms with E-state index in [0.29, 0.717) is 63.3 Å². The van der Waals surface area contributed by atoms with Crippen LogP contribution in [0.15, 0.2) is 212 Å². The Morgan fingerprint density at radius 1 is 0.365 bits per heavy atom. The maximum atomic E-state index is 13.2. The van der Waals surface area contributed by atoms with Crippen LogP contribution in [-0.2, 0) is 39.8 Å². The van der Waals surface area contributed by atoms with Crippen molar-refractivity contribution in [3.63, 3.8) is 0 Å². The molecular weight excluding hydrogens is 1890 g/mol. The number of carbonyl (C=O) groups is 18. The van der Waals surface area contributed by atoms with E-state index in [2.05, 4.69) is 16.0 Å². The topological polar surface area (TPSA) is 407 Å². The number of allylic oxidation sites excluding steroid dienone is 1. The van der Waals surface area contributed by atoms with Crippen LogP contribution < -0.4 is 4.74 Å². The highest BCUT2D eigenvalue weighted by molar-refractivity contribution is 6.17. The Morgan fingerprint density at radius 2 is 0.730 bits per heavy atom. The van der Waals surface area contributed by atoms with E-state index in [1.54, 1.807) is 223 Å². The summed E-state index contributed by atoms with van der Waals surface area (Å²) in [4.78, 5) is 249. The third-order valence-corrected chi connectivity index (χ3v) is 32.7. The Morgan fingerprint density at radius 3 is 1.14 bits per heavy atom. The first-order chi connectivity index (χ1) is 70.5. The van der Waals surface area contributed by atoms with Gasteiger partial charge in [-0.3, -0.25) is 86.9 Å². The molecule has 35 heteroatoms. The molecule has 6 aliphatic heterocycles. The molecule has 0 radical (unpaired) electrons. The van der Waals surface area contributed by atoms with Crippen LogP contribution in [0.4, 0.5) is 33.2 Å². The highest BCUT2D eigenvalue weighted by Crippen LogP contribution is 2.56. The first kappa shape index (κ1) is 109. The lowest BCUT2D eigenvalue weighted by molar-refractivity contribution is -0.136. The molecule has 6 saturated heterocycles. The molecule has 8 heterocycles. The second-order valence-corrected chi connectivity index (χ2v) is 40.7. The average Bonchev–Trinajstić information content (AvgIpc) is 1.41. The fourth-order valence-corrected chi connectivity index (χ4v) is 23.1. The van der Waals surface area contributed by atoms with Crippen LogP contribution in [0.5, 0.6) is 11.5 Å². The average molecular weight is 2020 g/mol. The van der Waals surface area contributed by atoms with E-state index in [-0.39, 0.29) is 139 Å². The number of phenols is 1. The number of ketones is 6.